The van der Waals surface area contributed by atoms with E-state index in [2.05, 4.69) is 4.98 Å². The molecule has 0 aliphatic heterocycles. The Morgan fingerprint density at radius 3 is 2.60 bits per heavy atom. The lowest BCUT2D eigenvalue weighted by atomic mass is 10.1. The highest BCUT2D eigenvalue weighted by atomic mass is 16.5. The maximum Gasteiger partial charge on any atom is 0.189 e. The maximum absolute atomic E-state index is 12.3. The van der Waals surface area contributed by atoms with Crippen LogP contribution >= 0.6 is 0 Å². The van der Waals surface area contributed by atoms with E-state index in [9.17, 15) is 9.90 Å². The number of benzene rings is 2. The molecule has 1 heterocycles. The lowest BCUT2D eigenvalue weighted by Gasteiger charge is -2.08. The van der Waals surface area contributed by atoms with Crippen molar-refractivity contribution in [2.24, 2.45) is 0 Å². The summed E-state index contributed by atoms with van der Waals surface area (Å²) >= 11 is 0. The molecule has 0 saturated heterocycles. The number of hydrogen-bond acceptors (Lipinski definition) is 4. The minimum Gasteiger partial charge on any atom is -0.507 e. The first-order chi connectivity index (χ1) is 12.2. The fourth-order valence-electron chi connectivity index (χ4n) is 2.27. The van der Waals surface area contributed by atoms with Gasteiger partial charge in [0.1, 0.15) is 18.1 Å². The number of allylic oxidation sites excluding steroid dienone is 1. The molecule has 3 aromatic rings. The largest absolute Gasteiger partial charge is 0.507 e. The number of pyridine rings is 1. The second-order valence-corrected chi connectivity index (χ2v) is 5.41. The number of hydrogen-bond donors (Lipinski definition) is 1. The van der Waals surface area contributed by atoms with Gasteiger partial charge in [-0.3, -0.25) is 9.78 Å². The molecular weight excluding hydrogens is 314 g/mol. The molecule has 25 heavy (non-hydrogen) atoms. The van der Waals surface area contributed by atoms with Crippen LogP contribution in [0.15, 0.2) is 79.0 Å². The van der Waals surface area contributed by atoms with Gasteiger partial charge >= 0.3 is 0 Å². The molecule has 0 amide bonds. The second-order valence-electron chi connectivity index (χ2n) is 5.41. The van der Waals surface area contributed by atoms with Gasteiger partial charge in [0, 0.05) is 6.20 Å². The molecule has 0 fully saturated rings. The van der Waals surface area contributed by atoms with Gasteiger partial charge in [-0.15, -0.1) is 0 Å². The Labute approximate surface area is 146 Å². The molecule has 0 spiro atoms. The van der Waals surface area contributed by atoms with Crippen molar-refractivity contribution >= 4 is 11.9 Å². The van der Waals surface area contributed by atoms with E-state index in [0.717, 1.165) is 5.56 Å². The van der Waals surface area contributed by atoms with Gasteiger partial charge in [0.15, 0.2) is 5.78 Å². The van der Waals surface area contributed by atoms with E-state index in [1.165, 1.54) is 12.1 Å². The van der Waals surface area contributed by atoms with Crippen LogP contribution in [0.2, 0.25) is 0 Å². The van der Waals surface area contributed by atoms with Gasteiger partial charge in [-0.2, -0.15) is 0 Å². The fraction of sp³-hybridized carbons (Fsp3) is 0.0476. The van der Waals surface area contributed by atoms with Crippen LogP contribution < -0.4 is 4.74 Å². The number of phenols is 1. The third-order valence-corrected chi connectivity index (χ3v) is 3.58. The molecule has 3 rings (SSSR count). The Kier molecular flexibility index (Phi) is 5.22. The predicted molar refractivity (Wildman–Crippen MR) is 96.5 cm³/mol. The highest BCUT2D eigenvalue weighted by molar-refractivity contribution is 6.08. The van der Waals surface area contributed by atoms with E-state index < -0.39 is 0 Å². The number of carbonyl (C=O) groups is 1. The minimum atomic E-state index is -0.312. The molecule has 4 heteroatoms. The van der Waals surface area contributed by atoms with Gasteiger partial charge in [0.25, 0.3) is 0 Å². The molecule has 124 valence electrons. The summed E-state index contributed by atoms with van der Waals surface area (Å²) in [7, 11) is 0. The molecule has 0 aliphatic carbocycles. The fourth-order valence-corrected chi connectivity index (χ4v) is 2.27. The molecule has 0 bridgehead atoms. The van der Waals surface area contributed by atoms with Crippen LogP contribution in [0.25, 0.3) is 6.08 Å². The van der Waals surface area contributed by atoms with Crippen molar-refractivity contribution in [3.63, 3.8) is 0 Å². The number of aromatic hydroxyl groups is 1. The number of phenolic OH excluding ortho intramolecular Hbond substituents is 1. The lowest BCUT2D eigenvalue weighted by molar-refractivity contribution is 0.104. The molecule has 1 aromatic heterocycles. The van der Waals surface area contributed by atoms with Gasteiger partial charge in [-0.25, -0.2) is 0 Å². The first-order valence-corrected chi connectivity index (χ1v) is 7.85. The van der Waals surface area contributed by atoms with Gasteiger partial charge < -0.3 is 9.84 Å². The van der Waals surface area contributed by atoms with Crippen LogP contribution in [-0.4, -0.2) is 15.9 Å². The first-order valence-electron chi connectivity index (χ1n) is 7.85. The topological polar surface area (TPSA) is 59.4 Å². The Hall–Kier alpha value is -3.40. The summed E-state index contributed by atoms with van der Waals surface area (Å²) in [6.07, 6.45) is 4.65. The third-order valence-electron chi connectivity index (χ3n) is 3.58. The smallest absolute Gasteiger partial charge is 0.189 e. The Bertz CT molecular complexity index is 874. The predicted octanol–water partition coefficient (Wildman–Crippen LogP) is 4.26. The van der Waals surface area contributed by atoms with Crippen molar-refractivity contribution in [3.8, 4) is 11.5 Å². The van der Waals surface area contributed by atoms with Gasteiger partial charge in [-0.1, -0.05) is 36.4 Å². The van der Waals surface area contributed by atoms with E-state index in [1.54, 1.807) is 36.5 Å². The van der Waals surface area contributed by atoms with E-state index in [1.807, 2.05) is 36.4 Å². The first kappa shape index (κ1) is 16.5. The lowest BCUT2D eigenvalue weighted by Crippen LogP contribution is -1.99. The maximum atomic E-state index is 12.3. The van der Waals surface area contributed by atoms with Crippen LogP contribution in [0.5, 0.6) is 11.5 Å². The minimum absolute atomic E-state index is 0.0808. The van der Waals surface area contributed by atoms with Gasteiger partial charge in [-0.05, 0) is 48.0 Å². The number of aromatic nitrogens is 1. The van der Waals surface area contributed by atoms with Crippen molar-refractivity contribution < 1.29 is 14.6 Å². The van der Waals surface area contributed by atoms with Crippen LogP contribution in [0.4, 0.5) is 0 Å². The highest BCUT2D eigenvalue weighted by Gasteiger charge is 2.10. The molecule has 0 atom stereocenters. The molecule has 0 saturated carbocycles. The number of ether oxygens (including phenoxy) is 1. The standard InChI is InChI=1S/C21H17NO3/c23-20(11-9-17-8-4-5-13-22-17)19-14-18(10-12-21(19)24)25-15-16-6-2-1-3-7-16/h1-14,24H,15H2. The van der Waals surface area contributed by atoms with E-state index >= 15 is 0 Å². The second kappa shape index (κ2) is 7.93. The molecule has 0 radical (unpaired) electrons. The molecule has 0 unspecified atom stereocenters. The van der Waals surface area contributed by atoms with Crippen molar-refractivity contribution in [1.82, 2.24) is 4.98 Å². The van der Waals surface area contributed by atoms with E-state index in [4.69, 9.17) is 4.74 Å². The zero-order chi connectivity index (χ0) is 17.5. The quantitative estimate of drug-likeness (QED) is 0.541. The van der Waals surface area contributed by atoms with Crippen molar-refractivity contribution in [3.05, 3.63) is 95.8 Å². The molecule has 2 aromatic carbocycles. The summed E-state index contributed by atoms with van der Waals surface area (Å²) in [6, 6.07) is 19.8. The summed E-state index contributed by atoms with van der Waals surface area (Å²) in [4.78, 5) is 16.5. The summed E-state index contributed by atoms with van der Waals surface area (Å²) in [5.74, 6) is 0.132. The zero-order valence-electron chi connectivity index (χ0n) is 13.5. The molecule has 1 N–H and O–H groups in total. The normalized spacial score (nSPS) is 10.7. The van der Waals surface area contributed by atoms with Crippen LogP contribution in [0, 0.1) is 0 Å². The average molecular weight is 331 g/mol. The summed E-state index contributed by atoms with van der Waals surface area (Å²) in [6.45, 7) is 0.392. The van der Waals surface area contributed by atoms with Crippen LogP contribution in [-0.2, 0) is 6.61 Å². The SMILES string of the molecule is O=C(C=Cc1ccccn1)c1cc(OCc2ccccc2)ccc1O. The Morgan fingerprint density at radius 1 is 1.04 bits per heavy atom. The third kappa shape index (κ3) is 4.54. The number of rotatable bonds is 6. The van der Waals surface area contributed by atoms with Gasteiger partial charge in [0.05, 0.1) is 11.3 Å². The molecule has 4 nitrogen and oxygen atoms in total. The van der Waals surface area contributed by atoms with Crippen LogP contribution in [0.3, 0.4) is 0 Å². The van der Waals surface area contributed by atoms with Crippen LogP contribution in [0.1, 0.15) is 21.6 Å². The number of ketones is 1. The summed E-state index contributed by atoms with van der Waals surface area (Å²) in [5.41, 5.74) is 1.89. The van der Waals surface area contributed by atoms with E-state index in [-0.39, 0.29) is 17.1 Å². The number of carbonyl (C=O) groups excluding carboxylic acids is 1. The van der Waals surface area contributed by atoms with Gasteiger partial charge in [0.2, 0.25) is 0 Å². The zero-order valence-corrected chi connectivity index (χ0v) is 13.5. The average Bonchev–Trinajstić information content (AvgIpc) is 2.67. The summed E-state index contributed by atoms with van der Waals surface area (Å²) < 4.78 is 5.70. The van der Waals surface area contributed by atoms with Crippen molar-refractivity contribution in [2.45, 2.75) is 6.61 Å². The Balaban J connectivity index is 1.72. The Morgan fingerprint density at radius 2 is 1.84 bits per heavy atom. The van der Waals surface area contributed by atoms with Crippen molar-refractivity contribution in [2.75, 3.05) is 0 Å². The molecule has 0 aliphatic rings. The van der Waals surface area contributed by atoms with E-state index in [0.29, 0.717) is 18.1 Å². The monoisotopic (exact) mass is 331 g/mol. The van der Waals surface area contributed by atoms with Crippen molar-refractivity contribution in [1.29, 1.82) is 0 Å². The highest BCUT2D eigenvalue weighted by Crippen LogP contribution is 2.24. The molecular formula is C21H17NO3. The number of nitrogens with zero attached hydrogens (tertiary/aromatic N) is 1. The summed E-state index contributed by atoms with van der Waals surface area (Å²) in [5, 5.41) is 9.96.